The molecule has 3 aromatic carbocycles. The number of benzene rings is 3. The summed E-state index contributed by atoms with van der Waals surface area (Å²) >= 11 is 0. The molecule has 1 fully saturated rings. The van der Waals surface area contributed by atoms with Crippen LogP contribution in [0.4, 0.5) is 13.2 Å². The van der Waals surface area contributed by atoms with E-state index in [2.05, 4.69) is 0 Å². The normalized spacial score (nSPS) is 20.0. The first-order valence-electron chi connectivity index (χ1n) is 13.7. The van der Waals surface area contributed by atoms with E-state index in [1.165, 1.54) is 19.1 Å². The average molecular weight is 573 g/mol. The Morgan fingerprint density at radius 2 is 1.63 bits per heavy atom. The van der Waals surface area contributed by atoms with E-state index in [1.807, 2.05) is 42.5 Å². The minimum atomic E-state index is -4.50. The smallest absolute Gasteiger partial charge is 0.416 e. The molecule has 0 saturated heterocycles. The van der Waals surface area contributed by atoms with Crippen LogP contribution in [0.2, 0.25) is 0 Å². The fraction of sp³-hybridized carbons (Fsp3) is 0.406. The summed E-state index contributed by atoms with van der Waals surface area (Å²) in [4.78, 5) is 13.0. The highest BCUT2D eigenvalue weighted by Gasteiger charge is 2.41. The van der Waals surface area contributed by atoms with Gasteiger partial charge in [-0.1, -0.05) is 48.5 Å². The van der Waals surface area contributed by atoms with E-state index in [0.29, 0.717) is 24.8 Å². The molecule has 4 rings (SSSR count). The molecule has 0 aromatic heterocycles. The number of alkyl halides is 3. The standard InChI is InChI=1S/C32H35F3O6/c1-31(38,39)19-24-14-17-29(41-30(37)23-12-10-22(11-13-23)21-6-3-2-4-7-21)28(24)16-15-26(36)20-40-27-9-5-8-25(18-27)32(33,34)35/h2-13,18,24,26,28-29,36,38-39H,14-17,19-20H2,1H3/t24-,26?,28?,29-/m1/s1. The highest BCUT2D eigenvalue weighted by atomic mass is 19.4. The van der Waals surface area contributed by atoms with Crippen LogP contribution in [-0.2, 0) is 10.9 Å². The van der Waals surface area contributed by atoms with Crippen LogP contribution in [-0.4, -0.2) is 45.9 Å². The molecule has 0 spiro atoms. The number of rotatable bonds is 11. The fourth-order valence-corrected chi connectivity index (χ4v) is 5.49. The zero-order valence-corrected chi connectivity index (χ0v) is 22.8. The highest BCUT2D eigenvalue weighted by Crippen LogP contribution is 2.42. The van der Waals surface area contributed by atoms with Crippen molar-refractivity contribution in [2.45, 2.75) is 63.2 Å². The maximum atomic E-state index is 13.0. The van der Waals surface area contributed by atoms with Crippen molar-refractivity contribution in [1.82, 2.24) is 0 Å². The number of ether oxygens (including phenoxy) is 2. The molecule has 0 bridgehead atoms. The molecule has 3 aromatic rings. The van der Waals surface area contributed by atoms with Crippen molar-refractivity contribution in [2.24, 2.45) is 11.8 Å². The van der Waals surface area contributed by atoms with E-state index >= 15 is 0 Å². The van der Waals surface area contributed by atoms with Gasteiger partial charge in [0.25, 0.3) is 0 Å². The average Bonchev–Trinajstić information content (AvgIpc) is 3.29. The second kappa shape index (κ2) is 13.1. The Morgan fingerprint density at radius 3 is 2.29 bits per heavy atom. The summed E-state index contributed by atoms with van der Waals surface area (Å²) in [5.74, 6) is -2.79. The fourth-order valence-electron chi connectivity index (χ4n) is 5.49. The molecule has 0 heterocycles. The number of hydrogen-bond donors (Lipinski definition) is 3. The monoisotopic (exact) mass is 572 g/mol. The molecule has 4 atom stereocenters. The number of aliphatic hydroxyl groups is 3. The Morgan fingerprint density at radius 1 is 0.951 bits per heavy atom. The summed E-state index contributed by atoms with van der Waals surface area (Å²) in [6, 6.07) is 21.3. The van der Waals surface area contributed by atoms with Crippen LogP contribution in [0, 0.1) is 11.8 Å². The Bertz CT molecular complexity index is 1270. The molecule has 220 valence electrons. The van der Waals surface area contributed by atoms with Gasteiger partial charge in [0.2, 0.25) is 0 Å². The van der Waals surface area contributed by atoms with Crippen LogP contribution >= 0.6 is 0 Å². The van der Waals surface area contributed by atoms with Crippen LogP contribution in [0.25, 0.3) is 11.1 Å². The van der Waals surface area contributed by atoms with Crippen molar-refractivity contribution in [3.8, 4) is 16.9 Å². The molecule has 0 radical (unpaired) electrons. The zero-order chi connectivity index (χ0) is 29.6. The van der Waals surface area contributed by atoms with Crippen molar-refractivity contribution in [3.63, 3.8) is 0 Å². The van der Waals surface area contributed by atoms with E-state index in [4.69, 9.17) is 9.47 Å². The van der Waals surface area contributed by atoms with Crippen molar-refractivity contribution >= 4 is 5.97 Å². The first-order valence-corrected chi connectivity index (χ1v) is 13.7. The molecule has 0 amide bonds. The summed E-state index contributed by atoms with van der Waals surface area (Å²) < 4.78 is 50.2. The number of carbonyl (C=O) groups excluding carboxylic acids is 1. The lowest BCUT2D eigenvalue weighted by Gasteiger charge is -2.29. The summed E-state index contributed by atoms with van der Waals surface area (Å²) in [6.07, 6.45) is -4.11. The molecular weight excluding hydrogens is 537 g/mol. The first-order chi connectivity index (χ1) is 19.4. The topological polar surface area (TPSA) is 96.2 Å². The minimum absolute atomic E-state index is 0.000894. The lowest BCUT2D eigenvalue weighted by Crippen LogP contribution is -2.32. The third kappa shape index (κ3) is 8.79. The van der Waals surface area contributed by atoms with E-state index in [0.717, 1.165) is 23.3 Å². The summed E-state index contributed by atoms with van der Waals surface area (Å²) in [7, 11) is 0. The second-order valence-electron chi connectivity index (χ2n) is 10.9. The number of carbonyl (C=O) groups is 1. The lowest BCUT2D eigenvalue weighted by molar-refractivity contribution is -0.161. The Hall–Kier alpha value is -3.40. The van der Waals surface area contributed by atoms with Gasteiger partial charge in [-0.3, -0.25) is 0 Å². The zero-order valence-electron chi connectivity index (χ0n) is 22.8. The number of esters is 1. The molecule has 1 aliphatic carbocycles. The van der Waals surface area contributed by atoms with Gasteiger partial charge in [-0.2, -0.15) is 13.2 Å². The molecule has 1 aliphatic rings. The van der Waals surface area contributed by atoms with Crippen LogP contribution in [0.5, 0.6) is 5.75 Å². The number of hydrogen-bond acceptors (Lipinski definition) is 6. The van der Waals surface area contributed by atoms with Gasteiger partial charge in [-0.25, -0.2) is 4.79 Å². The van der Waals surface area contributed by atoms with Gasteiger partial charge in [-0.15, -0.1) is 0 Å². The predicted octanol–water partition coefficient (Wildman–Crippen LogP) is 6.24. The molecule has 2 unspecified atom stereocenters. The molecular formula is C32H35F3O6. The van der Waals surface area contributed by atoms with Crippen LogP contribution in [0.1, 0.15) is 54.9 Å². The van der Waals surface area contributed by atoms with E-state index < -0.39 is 35.7 Å². The van der Waals surface area contributed by atoms with Crippen molar-refractivity contribution in [2.75, 3.05) is 6.61 Å². The maximum absolute atomic E-state index is 13.0. The van der Waals surface area contributed by atoms with Crippen molar-refractivity contribution < 1.29 is 42.8 Å². The van der Waals surface area contributed by atoms with Crippen LogP contribution in [0.3, 0.4) is 0 Å². The molecule has 9 heteroatoms. The minimum Gasteiger partial charge on any atom is -0.491 e. The van der Waals surface area contributed by atoms with Gasteiger partial charge in [0.15, 0.2) is 5.79 Å². The molecule has 3 N–H and O–H groups in total. The van der Waals surface area contributed by atoms with Gasteiger partial charge in [0, 0.05) is 6.42 Å². The first kappa shape index (κ1) is 30.6. The van der Waals surface area contributed by atoms with E-state index in [1.54, 1.807) is 12.1 Å². The molecule has 1 saturated carbocycles. The molecule has 41 heavy (non-hydrogen) atoms. The molecule has 0 aliphatic heterocycles. The third-order valence-electron chi connectivity index (χ3n) is 7.48. The van der Waals surface area contributed by atoms with Gasteiger partial charge >= 0.3 is 12.1 Å². The second-order valence-corrected chi connectivity index (χ2v) is 10.9. The summed E-state index contributed by atoms with van der Waals surface area (Å²) in [5, 5.41) is 30.6. The largest absolute Gasteiger partial charge is 0.491 e. The summed E-state index contributed by atoms with van der Waals surface area (Å²) in [5.41, 5.74) is 1.55. The Balaban J connectivity index is 1.37. The van der Waals surface area contributed by atoms with E-state index in [-0.39, 0.29) is 37.0 Å². The van der Waals surface area contributed by atoms with Crippen molar-refractivity contribution in [1.29, 1.82) is 0 Å². The number of aliphatic hydroxyl groups excluding tert-OH is 1. The Kier molecular flexibility index (Phi) is 9.73. The van der Waals surface area contributed by atoms with Gasteiger partial charge in [-0.05, 0) is 85.9 Å². The van der Waals surface area contributed by atoms with Crippen LogP contribution in [0.15, 0.2) is 78.9 Å². The van der Waals surface area contributed by atoms with Gasteiger partial charge < -0.3 is 24.8 Å². The Labute approximate surface area is 237 Å². The lowest BCUT2D eigenvalue weighted by atomic mass is 9.85. The quantitative estimate of drug-likeness (QED) is 0.186. The number of halogens is 3. The van der Waals surface area contributed by atoms with Crippen molar-refractivity contribution in [3.05, 3.63) is 90.0 Å². The van der Waals surface area contributed by atoms with Crippen LogP contribution < -0.4 is 4.74 Å². The molecule has 6 nitrogen and oxygen atoms in total. The SMILES string of the molecule is CC(O)(O)C[C@H]1CC[C@@H](OC(=O)c2ccc(-c3ccccc3)cc2)C1CCC(O)COc1cccc(C(F)(F)F)c1. The maximum Gasteiger partial charge on any atom is 0.416 e. The third-order valence-corrected chi connectivity index (χ3v) is 7.48. The van der Waals surface area contributed by atoms with Gasteiger partial charge in [0.1, 0.15) is 18.5 Å². The van der Waals surface area contributed by atoms with E-state index in [9.17, 15) is 33.3 Å². The van der Waals surface area contributed by atoms with Gasteiger partial charge in [0.05, 0.1) is 17.2 Å². The highest BCUT2D eigenvalue weighted by molar-refractivity contribution is 5.90. The predicted molar refractivity (Wildman–Crippen MR) is 147 cm³/mol. The summed E-state index contributed by atoms with van der Waals surface area (Å²) in [6.45, 7) is 1.09.